The van der Waals surface area contributed by atoms with Gasteiger partial charge in [0.05, 0.1) is 6.54 Å². The molecule has 2 rings (SSSR count). The van der Waals surface area contributed by atoms with E-state index in [1.54, 1.807) is 31.1 Å². The van der Waals surface area contributed by atoms with Crippen molar-refractivity contribution in [2.24, 2.45) is 0 Å². The minimum atomic E-state index is -0.0823. The van der Waals surface area contributed by atoms with Crippen molar-refractivity contribution in [3.05, 3.63) is 12.1 Å². The maximum atomic E-state index is 11.2. The molecule has 0 fully saturated rings. The van der Waals surface area contributed by atoms with E-state index in [0.29, 0.717) is 11.5 Å². The van der Waals surface area contributed by atoms with Gasteiger partial charge in [0.25, 0.3) is 0 Å². The fraction of sp³-hybridized carbons (Fsp3) is 0.375. The molecule has 0 radical (unpaired) electrons. The maximum absolute atomic E-state index is 11.2. The predicted octanol–water partition coefficient (Wildman–Crippen LogP) is -1.30. The van der Waals surface area contributed by atoms with Gasteiger partial charge in [-0.25, -0.2) is 0 Å². The van der Waals surface area contributed by atoms with Crippen LogP contribution in [0.3, 0.4) is 0 Å². The van der Waals surface area contributed by atoms with E-state index in [-0.39, 0.29) is 12.5 Å². The highest BCUT2D eigenvalue weighted by Crippen LogP contribution is 2.07. The van der Waals surface area contributed by atoms with E-state index in [9.17, 15) is 4.79 Å². The number of hydrogen-bond acceptors (Lipinski definition) is 6. The summed E-state index contributed by atoms with van der Waals surface area (Å²) in [5.41, 5.74) is 0.567. The molecule has 0 unspecified atom stereocenters. The molecule has 0 spiro atoms. The Labute approximate surface area is 91.2 Å². The van der Waals surface area contributed by atoms with Gasteiger partial charge in [0, 0.05) is 14.1 Å². The average molecular weight is 221 g/mol. The molecule has 16 heavy (non-hydrogen) atoms. The Balaban J connectivity index is 2.22. The quantitative estimate of drug-likeness (QED) is 0.693. The van der Waals surface area contributed by atoms with Crippen molar-refractivity contribution in [1.29, 1.82) is 0 Å². The molecule has 0 aromatic carbocycles. The fourth-order valence-corrected chi connectivity index (χ4v) is 1.22. The van der Waals surface area contributed by atoms with Gasteiger partial charge in [0.15, 0.2) is 11.5 Å². The molecule has 8 heteroatoms. The number of rotatable bonds is 3. The second-order valence-corrected chi connectivity index (χ2v) is 3.25. The Morgan fingerprint density at radius 3 is 3.12 bits per heavy atom. The van der Waals surface area contributed by atoms with E-state index < -0.39 is 0 Å². The smallest absolute Gasteiger partial charge is 0.239 e. The van der Waals surface area contributed by atoms with Gasteiger partial charge in [0.2, 0.25) is 5.91 Å². The summed E-state index contributed by atoms with van der Waals surface area (Å²) in [4.78, 5) is 12.9. The Hall–Kier alpha value is -2.25. The van der Waals surface area contributed by atoms with Crippen molar-refractivity contribution in [2.45, 2.75) is 0 Å². The van der Waals surface area contributed by atoms with Gasteiger partial charge in [-0.15, -0.1) is 14.8 Å². The number of amides is 1. The molecule has 2 aromatic rings. The van der Waals surface area contributed by atoms with Crippen LogP contribution in [0.15, 0.2) is 12.1 Å². The van der Waals surface area contributed by atoms with Crippen LogP contribution in [0.5, 0.6) is 0 Å². The summed E-state index contributed by atoms with van der Waals surface area (Å²) in [6.07, 6.45) is 0. The minimum Gasteiger partial charge on any atom is -0.358 e. The topological polar surface area (TPSA) is 88.3 Å². The lowest BCUT2D eigenvalue weighted by Gasteiger charge is -2.15. The number of anilines is 1. The van der Waals surface area contributed by atoms with Gasteiger partial charge in [-0.1, -0.05) is 0 Å². The van der Waals surface area contributed by atoms with Crippen molar-refractivity contribution < 1.29 is 4.79 Å². The number of fused-ring (bicyclic) bond motifs is 1. The molecular weight excluding hydrogens is 210 g/mol. The first-order valence-corrected chi connectivity index (χ1v) is 4.68. The molecule has 0 aliphatic carbocycles. The number of aromatic nitrogens is 5. The first-order chi connectivity index (χ1) is 7.70. The number of tetrazole rings is 1. The molecule has 84 valence electrons. The Morgan fingerprint density at radius 2 is 2.38 bits per heavy atom. The van der Waals surface area contributed by atoms with E-state index >= 15 is 0 Å². The highest BCUT2D eigenvalue weighted by atomic mass is 16.1. The molecule has 1 N–H and O–H groups in total. The summed E-state index contributed by atoms with van der Waals surface area (Å²) in [6, 6.07) is 3.50. The van der Waals surface area contributed by atoms with Crippen LogP contribution < -0.4 is 10.2 Å². The number of carbonyl (C=O) groups excluding carboxylic acids is 1. The second-order valence-electron chi connectivity index (χ2n) is 3.25. The SMILES string of the molecule is CNC(=O)CN(C)c1ccc2nnnn2n1. The van der Waals surface area contributed by atoms with Crippen molar-refractivity contribution in [1.82, 2.24) is 30.6 Å². The van der Waals surface area contributed by atoms with Crippen LogP contribution in [0.1, 0.15) is 0 Å². The van der Waals surface area contributed by atoms with Gasteiger partial charge in [-0.3, -0.25) is 4.79 Å². The fourth-order valence-electron chi connectivity index (χ4n) is 1.22. The molecule has 0 saturated carbocycles. The Kier molecular flexibility index (Phi) is 2.63. The minimum absolute atomic E-state index is 0.0823. The summed E-state index contributed by atoms with van der Waals surface area (Å²) in [5.74, 6) is 0.546. The molecule has 2 aromatic heterocycles. The number of likely N-dealkylation sites (N-methyl/N-ethyl adjacent to an activating group) is 2. The first-order valence-electron chi connectivity index (χ1n) is 4.68. The van der Waals surface area contributed by atoms with Gasteiger partial charge in [-0.05, 0) is 22.6 Å². The Morgan fingerprint density at radius 1 is 1.56 bits per heavy atom. The first kappa shape index (κ1) is 10.3. The molecule has 2 heterocycles. The molecule has 8 nitrogen and oxygen atoms in total. The van der Waals surface area contributed by atoms with Crippen LogP contribution in [0, 0.1) is 0 Å². The van der Waals surface area contributed by atoms with Crippen molar-refractivity contribution >= 4 is 17.4 Å². The van der Waals surface area contributed by atoms with Gasteiger partial charge >= 0.3 is 0 Å². The lowest BCUT2D eigenvalue weighted by molar-refractivity contribution is -0.119. The lowest BCUT2D eigenvalue weighted by atomic mass is 10.4. The maximum Gasteiger partial charge on any atom is 0.239 e. The van der Waals surface area contributed by atoms with E-state index in [0.717, 1.165) is 0 Å². The number of nitrogens with zero attached hydrogens (tertiary/aromatic N) is 6. The molecular formula is C8H11N7O. The van der Waals surface area contributed by atoms with Crippen LogP contribution in [0.4, 0.5) is 5.82 Å². The zero-order valence-corrected chi connectivity index (χ0v) is 8.95. The zero-order valence-electron chi connectivity index (χ0n) is 8.95. The third-order valence-corrected chi connectivity index (χ3v) is 2.11. The molecule has 1 amide bonds. The lowest BCUT2D eigenvalue weighted by Crippen LogP contribution is -2.33. The number of hydrogen-bond donors (Lipinski definition) is 1. The zero-order chi connectivity index (χ0) is 11.5. The molecule has 0 aliphatic heterocycles. The van der Waals surface area contributed by atoms with Crippen LogP contribution in [-0.2, 0) is 4.79 Å². The highest BCUT2D eigenvalue weighted by molar-refractivity contribution is 5.80. The van der Waals surface area contributed by atoms with Crippen LogP contribution in [0.2, 0.25) is 0 Å². The predicted molar refractivity (Wildman–Crippen MR) is 55.9 cm³/mol. The van der Waals surface area contributed by atoms with Gasteiger partial charge in [0.1, 0.15) is 0 Å². The average Bonchev–Trinajstić information content (AvgIpc) is 2.75. The van der Waals surface area contributed by atoms with Crippen LogP contribution >= 0.6 is 0 Å². The van der Waals surface area contributed by atoms with Gasteiger partial charge < -0.3 is 10.2 Å². The van der Waals surface area contributed by atoms with E-state index in [4.69, 9.17) is 0 Å². The number of nitrogens with one attached hydrogen (secondary N) is 1. The monoisotopic (exact) mass is 221 g/mol. The van der Waals surface area contributed by atoms with Crippen molar-refractivity contribution in [3.63, 3.8) is 0 Å². The summed E-state index contributed by atoms with van der Waals surface area (Å²) in [6.45, 7) is 0.233. The number of carbonyl (C=O) groups is 1. The molecule has 0 aliphatic rings. The van der Waals surface area contributed by atoms with Crippen molar-refractivity contribution in [2.75, 3.05) is 25.5 Å². The summed E-state index contributed by atoms with van der Waals surface area (Å²) in [7, 11) is 3.36. The highest BCUT2D eigenvalue weighted by Gasteiger charge is 2.08. The third-order valence-electron chi connectivity index (χ3n) is 2.11. The van der Waals surface area contributed by atoms with Crippen LogP contribution in [-0.4, -0.2) is 51.8 Å². The third kappa shape index (κ3) is 1.90. The molecule has 0 saturated heterocycles. The normalized spacial score (nSPS) is 10.4. The van der Waals surface area contributed by atoms with E-state index in [1.807, 2.05) is 0 Å². The van der Waals surface area contributed by atoms with E-state index in [1.165, 1.54) is 4.63 Å². The summed E-state index contributed by atoms with van der Waals surface area (Å²) >= 11 is 0. The Bertz CT molecular complexity index is 508. The summed E-state index contributed by atoms with van der Waals surface area (Å²) < 4.78 is 1.32. The largest absolute Gasteiger partial charge is 0.358 e. The van der Waals surface area contributed by atoms with Crippen LogP contribution in [0.25, 0.3) is 5.65 Å². The second kappa shape index (κ2) is 4.09. The van der Waals surface area contributed by atoms with E-state index in [2.05, 4.69) is 25.9 Å². The van der Waals surface area contributed by atoms with Gasteiger partial charge in [-0.2, -0.15) is 0 Å². The molecule has 0 atom stereocenters. The standard InChI is InChI=1S/C8H11N7O/c1-9-8(16)5-14(2)7-4-3-6-10-12-13-15(6)11-7/h3-4H,5H2,1-2H3,(H,9,16). The summed E-state index contributed by atoms with van der Waals surface area (Å²) in [5, 5.41) is 17.6. The molecule has 0 bridgehead atoms. The van der Waals surface area contributed by atoms with Crippen molar-refractivity contribution in [3.8, 4) is 0 Å².